The molecule has 0 aliphatic carbocycles. The second-order valence-electron chi connectivity index (χ2n) is 6.04. The molecule has 0 bridgehead atoms. The molecule has 0 spiro atoms. The van der Waals surface area contributed by atoms with Gasteiger partial charge >= 0.3 is 7.82 Å². The molecule has 154 valence electrons. The van der Waals surface area contributed by atoms with Crippen molar-refractivity contribution >= 4 is 19.2 Å². The molecule has 0 aliphatic rings. The topological polar surface area (TPSA) is 131 Å². The van der Waals surface area contributed by atoms with Crippen LogP contribution in [0.1, 0.15) is 5.56 Å². The summed E-state index contributed by atoms with van der Waals surface area (Å²) >= 11 is 0. The number of non-ortho nitro benzene ring substituents is 2. The molecule has 0 atom stereocenters. The summed E-state index contributed by atoms with van der Waals surface area (Å²) in [7, 11) is -4.32. The quantitative estimate of drug-likeness (QED) is 0.262. The van der Waals surface area contributed by atoms with Crippen LogP contribution in [-0.2, 0) is 4.57 Å². The summed E-state index contributed by atoms with van der Waals surface area (Å²) in [5.41, 5.74) is 0.602. The van der Waals surface area contributed by atoms with E-state index >= 15 is 0 Å². The number of benzene rings is 3. The maximum atomic E-state index is 13.3. The summed E-state index contributed by atoms with van der Waals surface area (Å²) in [6, 6.07) is 16.3. The Kier molecular flexibility index (Phi) is 5.98. The molecule has 0 heterocycles. The average molecular weight is 430 g/mol. The highest BCUT2D eigenvalue weighted by molar-refractivity contribution is 7.49. The molecule has 10 nitrogen and oxygen atoms in total. The van der Waals surface area contributed by atoms with Crippen LogP contribution in [0.3, 0.4) is 0 Å². The van der Waals surface area contributed by atoms with Crippen LogP contribution in [-0.4, -0.2) is 9.85 Å². The van der Waals surface area contributed by atoms with E-state index in [1.807, 2.05) is 6.92 Å². The number of nitro benzene ring substituents is 2. The van der Waals surface area contributed by atoms with Crippen LogP contribution in [0.5, 0.6) is 17.2 Å². The first-order valence-corrected chi connectivity index (χ1v) is 9.94. The highest BCUT2D eigenvalue weighted by Crippen LogP contribution is 2.50. The second-order valence-corrected chi connectivity index (χ2v) is 7.48. The van der Waals surface area contributed by atoms with E-state index in [0.29, 0.717) is 0 Å². The van der Waals surface area contributed by atoms with Gasteiger partial charge in [0.1, 0.15) is 17.2 Å². The van der Waals surface area contributed by atoms with Crippen molar-refractivity contribution in [2.24, 2.45) is 0 Å². The van der Waals surface area contributed by atoms with Gasteiger partial charge in [-0.3, -0.25) is 20.2 Å². The van der Waals surface area contributed by atoms with Crippen molar-refractivity contribution < 1.29 is 28.0 Å². The third-order valence-electron chi connectivity index (χ3n) is 3.77. The molecular weight excluding hydrogens is 415 g/mol. The van der Waals surface area contributed by atoms with Gasteiger partial charge in [-0.2, -0.15) is 4.57 Å². The second kappa shape index (κ2) is 8.62. The standard InChI is InChI=1S/C19H15N2O8P/c1-14-2-8-17(9-3-14)27-30(26,28-18-10-4-15(5-11-18)20(22)23)29-19-12-6-16(7-13-19)21(24)25/h2-13H,1H3. The molecule has 0 amide bonds. The maximum Gasteiger partial charge on any atom is 0.647 e. The third-order valence-corrected chi connectivity index (χ3v) is 5.07. The molecule has 0 aromatic heterocycles. The zero-order chi connectivity index (χ0) is 21.7. The van der Waals surface area contributed by atoms with Crippen LogP contribution in [0.2, 0.25) is 0 Å². The van der Waals surface area contributed by atoms with Crippen molar-refractivity contribution in [1.82, 2.24) is 0 Å². The first kappa shape index (κ1) is 20.8. The minimum absolute atomic E-state index is 0.0120. The van der Waals surface area contributed by atoms with E-state index < -0.39 is 17.7 Å². The highest BCUT2D eigenvalue weighted by Gasteiger charge is 2.33. The Morgan fingerprint density at radius 3 is 1.23 bits per heavy atom. The Balaban J connectivity index is 1.88. The summed E-state index contributed by atoms with van der Waals surface area (Å²) in [6.07, 6.45) is 0. The summed E-state index contributed by atoms with van der Waals surface area (Å²) in [5.74, 6) is 0.226. The Labute approximate surface area is 170 Å². The van der Waals surface area contributed by atoms with Gasteiger partial charge in [0, 0.05) is 24.3 Å². The fourth-order valence-electron chi connectivity index (χ4n) is 2.30. The third kappa shape index (κ3) is 5.33. The molecule has 0 aliphatic heterocycles. The molecule has 3 aromatic carbocycles. The number of hydrogen-bond acceptors (Lipinski definition) is 8. The van der Waals surface area contributed by atoms with Crippen LogP contribution in [0.25, 0.3) is 0 Å². The molecule has 30 heavy (non-hydrogen) atoms. The molecule has 0 fully saturated rings. The van der Waals surface area contributed by atoms with Gasteiger partial charge in [0.25, 0.3) is 11.4 Å². The number of hydrogen-bond donors (Lipinski definition) is 0. The first-order valence-electron chi connectivity index (χ1n) is 8.48. The lowest BCUT2D eigenvalue weighted by Crippen LogP contribution is -2.07. The van der Waals surface area contributed by atoms with Gasteiger partial charge in [0.2, 0.25) is 0 Å². The molecule has 0 saturated carbocycles. The van der Waals surface area contributed by atoms with Crippen LogP contribution >= 0.6 is 7.82 Å². The van der Waals surface area contributed by atoms with Crippen molar-refractivity contribution in [3.8, 4) is 17.2 Å². The molecule has 0 unspecified atom stereocenters. The molecule has 3 rings (SSSR count). The zero-order valence-electron chi connectivity index (χ0n) is 15.5. The van der Waals surface area contributed by atoms with Gasteiger partial charge < -0.3 is 13.6 Å². The minimum atomic E-state index is -4.32. The van der Waals surface area contributed by atoms with E-state index in [4.69, 9.17) is 13.6 Å². The van der Waals surface area contributed by atoms with E-state index in [2.05, 4.69) is 0 Å². The summed E-state index contributed by atoms with van der Waals surface area (Å²) in [5, 5.41) is 21.6. The number of rotatable bonds is 8. The Hall–Kier alpha value is -3.91. The van der Waals surface area contributed by atoms with Crippen molar-refractivity contribution in [3.05, 3.63) is 98.6 Å². The van der Waals surface area contributed by atoms with Crippen molar-refractivity contribution in [2.45, 2.75) is 6.92 Å². The normalized spacial score (nSPS) is 10.8. The van der Waals surface area contributed by atoms with E-state index in [1.165, 1.54) is 48.5 Å². The Morgan fingerprint density at radius 1 is 0.633 bits per heavy atom. The van der Waals surface area contributed by atoms with Crippen molar-refractivity contribution in [3.63, 3.8) is 0 Å². The van der Waals surface area contributed by atoms with E-state index in [0.717, 1.165) is 5.56 Å². The van der Waals surface area contributed by atoms with E-state index in [9.17, 15) is 24.8 Å². The fourth-order valence-corrected chi connectivity index (χ4v) is 3.55. The lowest BCUT2D eigenvalue weighted by Gasteiger charge is -2.19. The van der Waals surface area contributed by atoms with Crippen LogP contribution in [0.4, 0.5) is 11.4 Å². The number of aryl methyl sites for hydroxylation is 1. The molecule has 0 radical (unpaired) electrons. The minimum Gasteiger partial charge on any atom is -0.386 e. The summed E-state index contributed by atoms with van der Waals surface area (Å²) in [4.78, 5) is 20.4. The molecular formula is C19H15N2O8P. The van der Waals surface area contributed by atoms with Crippen molar-refractivity contribution in [2.75, 3.05) is 0 Å². The monoisotopic (exact) mass is 430 g/mol. The number of nitro groups is 2. The molecule has 11 heteroatoms. The van der Waals surface area contributed by atoms with Gasteiger partial charge in [-0.15, -0.1) is 0 Å². The Bertz CT molecular complexity index is 1040. The van der Waals surface area contributed by atoms with Crippen LogP contribution < -0.4 is 13.6 Å². The maximum absolute atomic E-state index is 13.3. The number of phosphoric acid groups is 1. The molecule has 0 N–H and O–H groups in total. The Morgan fingerprint density at radius 2 is 0.933 bits per heavy atom. The fraction of sp³-hybridized carbons (Fsp3) is 0.0526. The predicted octanol–water partition coefficient (Wildman–Crippen LogP) is 5.46. The van der Waals surface area contributed by atoms with Gasteiger partial charge in [0.05, 0.1) is 9.85 Å². The van der Waals surface area contributed by atoms with Gasteiger partial charge in [0.15, 0.2) is 0 Å². The SMILES string of the molecule is Cc1ccc(OP(=O)(Oc2ccc([N+](=O)[O-])cc2)Oc2ccc([N+](=O)[O-])cc2)cc1. The summed E-state index contributed by atoms with van der Waals surface area (Å²) < 4.78 is 29.6. The lowest BCUT2D eigenvalue weighted by molar-refractivity contribution is -0.385. The number of nitrogens with zero attached hydrogens (tertiary/aromatic N) is 2. The largest absolute Gasteiger partial charge is 0.647 e. The van der Waals surface area contributed by atoms with Crippen molar-refractivity contribution in [1.29, 1.82) is 0 Å². The zero-order valence-corrected chi connectivity index (χ0v) is 16.4. The number of phosphoric ester groups is 1. The highest BCUT2D eigenvalue weighted by atomic mass is 31.2. The predicted molar refractivity (Wildman–Crippen MR) is 107 cm³/mol. The van der Waals surface area contributed by atoms with Crippen LogP contribution in [0, 0.1) is 27.2 Å². The van der Waals surface area contributed by atoms with Crippen LogP contribution in [0.15, 0.2) is 72.8 Å². The smallest absolute Gasteiger partial charge is 0.386 e. The van der Waals surface area contributed by atoms with Gasteiger partial charge in [-0.25, -0.2) is 0 Å². The average Bonchev–Trinajstić information content (AvgIpc) is 2.70. The molecule has 3 aromatic rings. The lowest BCUT2D eigenvalue weighted by atomic mass is 10.2. The van der Waals surface area contributed by atoms with E-state index in [1.54, 1.807) is 24.3 Å². The summed E-state index contributed by atoms with van der Waals surface area (Å²) in [6.45, 7) is 1.87. The van der Waals surface area contributed by atoms with Gasteiger partial charge in [-0.1, -0.05) is 17.7 Å². The van der Waals surface area contributed by atoms with E-state index in [-0.39, 0.29) is 28.6 Å². The van der Waals surface area contributed by atoms with Gasteiger partial charge in [-0.05, 0) is 43.3 Å². The first-order chi connectivity index (χ1) is 14.2. The molecule has 0 saturated heterocycles.